The Morgan fingerprint density at radius 3 is 2.32 bits per heavy atom. The SMILES string of the molecule is O=C(CN1CCN(Cc2ccccc2Br)CC1)Nc1ccc(F)cc1. The summed E-state index contributed by atoms with van der Waals surface area (Å²) in [6.07, 6.45) is 0. The first kappa shape index (κ1) is 18.0. The molecule has 0 atom stereocenters. The summed E-state index contributed by atoms with van der Waals surface area (Å²) in [5.74, 6) is -0.370. The van der Waals surface area contributed by atoms with Gasteiger partial charge in [0, 0.05) is 42.9 Å². The summed E-state index contributed by atoms with van der Waals surface area (Å²) in [5.41, 5.74) is 1.91. The van der Waals surface area contributed by atoms with Crippen molar-refractivity contribution in [1.82, 2.24) is 9.80 Å². The number of nitrogens with one attached hydrogen (secondary N) is 1. The van der Waals surface area contributed by atoms with Crippen molar-refractivity contribution in [3.8, 4) is 0 Å². The number of amides is 1. The summed E-state index contributed by atoms with van der Waals surface area (Å²) in [7, 11) is 0. The number of nitrogens with zero attached hydrogens (tertiary/aromatic N) is 2. The van der Waals surface area contributed by atoms with Crippen LogP contribution in [0.4, 0.5) is 10.1 Å². The first-order valence-electron chi connectivity index (χ1n) is 8.34. The summed E-state index contributed by atoms with van der Waals surface area (Å²) in [4.78, 5) is 16.7. The molecule has 0 aromatic heterocycles. The standard InChI is InChI=1S/C19H21BrFN3O/c20-18-4-2-1-3-15(18)13-23-9-11-24(12-10-23)14-19(25)22-17-7-5-16(21)6-8-17/h1-8H,9-14H2,(H,22,25). The first-order valence-corrected chi connectivity index (χ1v) is 9.13. The Hall–Kier alpha value is -1.76. The van der Waals surface area contributed by atoms with E-state index in [2.05, 4.69) is 49.2 Å². The van der Waals surface area contributed by atoms with E-state index in [4.69, 9.17) is 0 Å². The molecule has 2 aromatic carbocycles. The van der Waals surface area contributed by atoms with Crippen molar-refractivity contribution in [3.63, 3.8) is 0 Å². The molecule has 4 nitrogen and oxygen atoms in total. The second kappa shape index (κ2) is 8.56. The predicted molar refractivity (Wildman–Crippen MR) is 101 cm³/mol. The molecule has 0 radical (unpaired) electrons. The Morgan fingerprint density at radius 2 is 1.64 bits per heavy atom. The second-order valence-corrected chi connectivity index (χ2v) is 7.05. The maximum Gasteiger partial charge on any atom is 0.238 e. The van der Waals surface area contributed by atoms with Gasteiger partial charge in [0.05, 0.1) is 6.54 Å². The van der Waals surface area contributed by atoms with Crippen LogP contribution in [0.15, 0.2) is 53.0 Å². The zero-order valence-corrected chi connectivity index (χ0v) is 15.5. The van der Waals surface area contributed by atoms with Crippen LogP contribution in [0.2, 0.25) is 0 Å². The normalized spacial score (nSPS) is 15.9. The van der Waals surface area contributed by atoms with E-state index in [1.807, 2.05) is 6.07 Å². The van der Waals surface area contributed by atoms with E-state index in [9.17, 15) is 9.18 Å². The molecule has 1 N–H and O–H groups in total. The Bertz CT molecular complexity index is 715. The molecule has 1 aliphatic rings. The summed E-state index contributed by atoms with van der Waals surface area (Å²) in [6.45, 7) is 4.87. The fourth-order valence-corrected chi connectivity index (χ4v) is 3.32. The maximum absolute atomic E-state index is 12.9. The number of rotatable bonds is 5. The Kier molecular flexibility index (Phi) is 6.18. The van der Waals surface area contributed by atoms with Gasteiger partial charge in [-0.15, -0.1) is 0 Å². The summed E-state index contributed by atoms with van der Waals surface area (Å²) >= 11 is 3.59. The molecule has 25 heavy (non-hydrogen) atoms. The monoisotopic (exact) mass is 405 g/mol. The lowest BCUT2D eigenvalue weighted by atomic mass is 10.2. The lowest BCUT2D eigenvalue weighted by Crippen LogP contribution is -2.48. The highest BCUT2D eigenvalue weighted by Gasteiger charge is 2.19. The molecule has 1 fully saturated rings. The molecule has 2 aromatic rings. The number of hydrogen-bond acceptors (Lipinski definition) is 3. The Labute approximate surface area is 155 Å². The van der Waals surface area contributed by atoms with E-state index >= 15 is 0 Å². The smallest absolute Gasteiger partial charge is 0.238 e. The van der Waals surface area contributed by atoms with Gasteiger partial charge in [0.1, 0.15) is 5.82 Å². The van der Waals surface area contributed by atoms with Crippen LogP contribution in [0.3, 0.4) is 0 Å². The third-order valence-electron chi connectivity index (χ3n) is 4.31. The largest absolute Gasteiger partial charge is 0.325 e. The van der Waals surface area contributed by atoms with E-state index in [0.29, 0.717) is 12.2 Å². The number of hydrogen-bond donors (Lipinski definition) is 1. The summed E-state index contributed by atoms with van der Waals surface area (Å²) in [5, 5.41) is 2.81. The molecule has 0 spiro atoms. The Balaban J connectivity index is 1.43. The van der Waals surface area contributed by atoms with Gasteiger partial charge in [-0.05, 0) is 35.9 Å². The number of anilines is 1. The fraction of sp³-hybridized carbons (Fsp3) is 0.316. The Morgan fingerprint density at radius 1 is 1.00 bits per heavy atom. The van der Waals surface area contributed by atoms with Gasteiger partial charge in [-0.1, -0.05) is 34.1 Å². The molecule has 0 saturated carbocycles. The van der Waals surface area contributed by atoms with Crippen molar-refractivity contribution >= 4 is 27.5 Å². The third-order valence-corrected chi connectivity index (χ3v) is 5.09. The molecule has 0 bridgehead atoms. The molecular formula is C19H21BrFN3O. The van der Waals surface area contributed by atoms with Gasteiger partial charge in [-0.3, -0.25) is 14.6 Å². The highest BCUT2D eigenvalue weighted by Crippen LogP contribution is 2.18. The molecule has 0 aliphatic carbocycles. The van der Waals surface area contributed by atoms with E-state index in [1.54, 1.807) is 12.1 Å². The van der Waals surface area contributed by atoms with Crippen LogP contribution in [-0.4, -0.2) is 48.4 Å². The van der Waals surface area contributed by atoms with Crippen molar-refractivity contribution in [2.75, 3.05) is 38.0 Å². The van der Waals surface area contributed by atoms with Gasteiger partial charge in [0.25, 0.3) is 0 Å². The third kappa shape index (κ3) is 5.36. The van der Waals surface area contributed by atoms with Crippen molar-refractivity contribution in [3.05, 3.63) is 64.4 Å². The molecule has 1 amide bonds. The average Bonchev–Trinajstić information content (AvgIpc) is 2.61. The minimum atomic E-state index is -0.306. The number of carbonyl (C=O) groups excluding carboxylic acids is 1. The predicted octanol–water partition coefficient (Wildman–Crippen LogP) is 3.34. The number of halogens is 2. The van der Waals surface area contributed by atoms with Crippen molar-refractivity contribution in [2.45, 2.75) is 6.54 Å². The van der Waals surface area contributed by atoms with Crippen molar-refractivity contribution in [1.29, 1.82) is 0 Å². The molecule has 0 unspecified atom stereocenters. The molecule has 3 rings (SSSR count). The summed E-state index contributed by atoms with van der Waals surface area (Å²) < 4.78 is 14.0. The number of piperazine rings is 1. The van der Waals surface area contributed by atoms with Gasteiger partial charge >= 0.3 is 0 Å². The van der Waals surface area contributed by atoms with E-state index in [1.165, 1.54) is 17.7 Å². The summed E-state index contributed by atoms with van der Waals surface area (Å²) in [6, 6.07) is 14.1. The fourth-order valence-electron chi connectivity index (χ4n) is 2.91. The second-order valence-electron chi connectivity index (χ2n) is 6.20. The maximum atomic E-state index is 12.9. The van der Waals surface area contributed by atoms with Crippen molar-refractivity contribution in [2.24, 2.45) is 0 Å². The average molecular weight is 406 g/mol. The van der Waals surface area contributed by atoms with Gasteiger partial charge in [-0.25, -0.2) is 4.39 Å². The molecule has 132 valence electrons. The topological polar surface area (TPSA) is 35.6 Å². The minimum Gasteiger partial charge on any atom is -0.325 e. The van der Waals surface area contributed by atoms with Crippen LogP contribution in [0.5, 0.6) is 0 Å². The van der Waals surface area contributed by atoms with Gasteiger partial charge in [0.2, 0.25) is 5.91 Å². The lowest BCUT2D eigenvalue weighted by molar-refractivity contribution is -0.117. The minimum absolute atomic E-state index is 0.0640. The highest BCUT2D eigenvalue weighted by molar-refractivity contribution is 9.10. The first-order chi connectivity index (χ1) is 12.1. The van der Waals surface area contributed by atoms with Crippen LogP contribution in [0.1, 0.15) is 5.56 Å². The number of benzene rings is 2. The van der Waals surface area contributed by atoms with Crippen LogP contribution in [0.25, 0.3) is 0 Å². The number of carbonyl (C=O) groups is 1. The highest BCUT2D eigenvalue weighted by atomic mass is 79.9. The zero-order valence-electron chi connectivity index (χ0n) is 13.9. The van der Waals surface area contributed by atoms with E-state index in [-0.39, 0.29) is 11.7 Å². The van der Waals surface area contributed by atoms with Crippen LogP contribution < -0.4 is 5.32 Å². The van der Waals surface area contributed by atoms with Gasteiger partial charge < -0.3 is 5.32 Å². The van der Waals surface area contributed by atoms with Crippen LogP contribution in [0, 0.1) is 5.82 Å². The molecular weight excluding hydrogens is 385 g/mol. The van der Waals surface area contributed by atoms with Crippen LogP contribution >= 0.6 is 15.9 Å². The molecule has 6 heteroatoms. The van der Waals surface area contributed by atoms with E-state index in [0.717, 1.165) is 37.2 Å². The van der Waals surface area contributed by atoms with Crippen LogP contribution in [-0.2, 0) is 11.3 Å². The lowest BCUT2D eigenvalue weighted by Gasteiger charge is -2.34. The quantitative estimate of drug-likeness (QED) is 0.828. The van der Waals surface area contributed by atoms with Gasteiger partial charge in [-0.2, -0.15) is 0 Å². The zero-order chi connectivity index (χ0) is 17.6. The van der Waals surface area contributed by atoms with E-state index < -0.39 is 0 Å². The molecule has 1 saturated heterocycles. The molecule has 1 aliphatic heterocycles. The molecule has 1 heterocycles. The van der Waals surface area contributed by atoms with Gasteiger partial charge in [0.15, 0.2) is 0 Å². The van der Waals surface area contributed by atoms with Crippen molar-refractivity contribution < 1.29 is 9.18 Å².